The van der Waals surface area contributed by atoms with Crippen molar-refractivity contribution in [1.82, 2.24) is 4.90 Å². The van der Waals surface area contributed by atoms with Gasteiger partial charge in [-0.2, -0.15) is 0 Å². The monoisotopic (exact) mass is 432 g/mol. The van der Waals surface area contributed by atoms with Crippen molar-refractivity contribution < 1.29 is 9.59 Å². The van der Waals surface area contributed by atoms with Crippen LogP contribution in [0.3, 0.4) is 0 Å². The van der Waals surface area contributed by atoms with Crippen molar-refractivity contribution in [3.63, 3.8) is 0 Å². The maximum Gasteiger partial charge on any atom is 0.244 e. The highest BCUT2D eigenvalue weighted by molar-refractivity contribution is 8.00. The minimum atomic E-state index is -0.360. The van der Waals surface area contributed by atoms with E-state index in [1.807, 2.05) is 36.4 Å². The van der Waals surface area contributed by atoms with Gasteiger partial charge in [0.1, 0.15) is 0 Å². The number of hydrogen-bond donors (Lipinski definition) is 1. The summed E-state index contributed by atoms with van der Waals surface area (Å²) in [7, 11) is 1.59. The molecule has 0 aromatic heterocycles. The summed E-state index contributed by atoms with van der Waals surface area (Å²) in [6.07, 6.45) is 0. The predicted octanol–water partition coefficient (Wildman–Crippen LogP) is 5.34. The third kappa shape index (κ3) is 5.19. The normalized spacial score (nSPS) is 10.7. The van der Waals surface area contributed by atoms with E-state index in [2.05, 4.69) is 11.4 Å². The van der Waals surface area contributed by atoms with Gasteiger partial charge in [0.25, 0.3) is 0 Å². The van der Waals surface area contributed by atoms with Gasteiger partial charge in [0.2, 0.25) is 11.8 Å². The minimum absolute atomic E-state index is 0.0847. The number of nitrogens with one attached hydrogen (secondary N) is 1. The number of amides is 2. The van der Waals surface area contributed by atoms with E-state index in [1.165, 1.54) is 16.7 Å². The van der Waals surface area contributed by atoms with Crippen molar-refractivity contribution in [2.75, 3.05) is 24.7 Å². The molecule has 0 saturated heterocycles. The van der Waals surface area contributed by atoms with E-state index in [1.54, 1.807) is 25.2 Å². The third-order valence-corrected chi connectivity index (χ3v) is 5.73. The molecule has 0 aliphatic carbocycles. The van der Waals surface area contributed by atoms with Gasteiger partial charge in [-0.1, -0.05) is 59.6 Å². The lowest BCUT2D eigenvalue weighted by molar-refractivity contribution is -0.131. The van der Waals surface area contributed by atoms with Crippen LogP contribution in [-0.2, 0) is 9.59 Å². The quantitative estimate of drug-likeness (QED) is 0.535. The molecule has 0 heterocycles. The number of thioether (sulfide) groups is 1. The van der Waals surface area contributed by atoms with E-state index in [9.17, 15) is 9.59 Å². The summed E-state index contributed by atoms with van der Waals surface area (Å²) < 4.78 is 0. The first-order valence-corrected chi connectivity index (χ1v) is 10.3. The van der Waals surface area contributed by atoms with Crippen molar-refractivity contribution in [2.45, 2.75) is 4.90 Å². The Morgan fingerprint density at radius 3 is 2.36 bits per heavy atom. The summed E-state index contributed by atoms with van der Waals surface area (Å²) in [5.74, 6) is -0.255. The Hall–Kier alpha value is -2.21. The van der Waals surface area contributed by atoms with E-state index in [0.717, 1.165) is 15.7 Å². The highest BCUT2D eigenvalue weighted by Crippen LogP contribution is 2.29. The molecule has 7 heteroatoms. The van der Waals surface area contributed by atoms with Crippen LogP contribution in [0.25, 0.3) is 10.8 Å². The van der Waals surface area contributed by atoms with Gasteiger partial charge in [0.05, 0.1) is 28.0 Å². The van der Waals surface area contributed by atoms with Crippen molar-refractivity contribution >= 4 is 63.2 Å². The van der Waals surface area contributed by atoms with Crippen LogP contribution in [0.1, 0.15) is 0 Å². The number of carbonyl (C=O) groups excluding carboxylic acids is 2. The van der Waals surface area contributed by atoms with Gasteiger partial charge < -0.3 is 10.2 Å². The van der Waals surface area contributed by atoms with Crippen LogP contribution in [0.5, 0.6) is 0 Å². The molecule has 0 unspecified atom stereocenters. The highest BCUT2D eigenvalue weighted by atomic mass is 35.5. The molecule has 3 rings (SSSR count). The summed E-state index contributed by atoms with van der Waals surface area (Å²) in [6, 6.07) is 19.1. The Morgan fingerprint density at radius 2 is 1.64 bits per heavy atom. The average molecular weight is 433 g/mol. The zero-order valence-electron chi connectivity index (χ0n) is 15.1. The van der Waals surface area contributed by atoms with Crippen LogP contribution in [0.4, 0.5) is 5.69 Å². The lowest BCUT2D eigenvalue weighted by atomic mass is 10.1. The van der Waals surface area contributed by atoms with Crippen LogP contribution in [-0.4, -0.2) is 36.1 Å². The van der Waals surface area contributed by atoms with Crippen LogP contribution in [0, 0.1) is 0 Å². The molecule has 0 bridgehead atoms. The fraction of sp³-hybridized carbons (Fsp3) is 0.143. The molecule has 144 valence electrons. The second-order valence-electron chi connectivity index (χ2n) is 6.19. The van der Waals surface area contributed by atoms with Gasteiger partial charge >= 0.3 is 0 Å². The van der Waals surface area contributed by atoms with E-state index in [4.69, 9.17) is 23.2 Å². The fourth-order valence-electron chi connectivity index (χ4n) is 2.61. The maximum atomic E-state index is 12.4. The SMILES string of the molecule is CN(CC(=O)Nc1c(Cl)cccc1Cl)C(=O)CSc1ccc2ccccc2c1. The molecule has 1 N–H and O–H groups in total. The van der Waals surface area contributed by atoms with Crippen molar-refractivity contribution in [3.05, 3.63) is 70.7 Å². The molecule has 3 aromatic rings. The lowest BCUT2D eigenvalue weighted by Crippen LogP contribution is -2.36. The molecule has 0 radical (unpaired) electrons. The number of likely N-dealkylation sites (N-methyl/N-ethyl adjacent to an activating group) is 1. The Balaban J connectivity index is 1.54. The fourth-order valence-corrected chi connectivity index (χ4v) is 3.99. The molecule has 4 nitrogen and oxygen atoms in total. The Bertz CT molecular complexity index is 1010. The van der Waals surface area contributed by atoms with Crippen molar-refractivity contribution in [2.24, 2.45) is 0 Å². The van der Waals surface area contributed by atoms with Crippen LogP contribution in [0.15, 0.2) is 65.6 Å². The number of fused-ring (bicyclic) bond motifs is 1. The first-order valence-electron chi connectivity index (χ1n) is 8.53. The summed E-state index contributed by atoms with van der Waals surface area (Å²) in [5.41, 5.74) is 0.349. The number of rotatable bonds is 6. The van der Waals surface area contributed by atoms with Gasteiger partial charge in [-0.25, -0.2) is 0 Å². The summed E-state index contributed by atoms with van der Waals surface area (Å²) >= 11 is 13.5. The number of carbonyl (C=O) groups is 2. The zero-order chi connectivity index (χ0) is 20.1. The Labute approximate surface area is 177 Å². The van der Waals surface area contributed by atoms with Gasteiger partial charge in [-0.05, 0) is 35.0 Å². The molecule has 0 saturated carbocycles. The molecule has 0 atom stereocenters. The van der Waals surface area contributed by atoms with Gasteiger partial charge in [-0.3, -0.25) is 9.59 Å². The maximum absolute atomic E-state index is 12.4. The highest BCUT2D eigenvalue weighted by Gasteiger charge is 2.15. The smallest absolute Gasteiger partial charge is 0.244 e. The minimum Gasteiger partial charge on any atom is -0.336 e. The second-order valence-corrected chi connectivity index (χ2v) is 8.06. The van der Waals surface area contributed by atoms with Gasteiger partial charge in [0.15, 0.2) is 0 Å². The summed E-state index contributed by atoms with van der Waals surface area (Å²) in [4.78, 5) is 27.0. The number of para-hydroxylation sites is 1. The first kappa shape index (κ1) is 20.5. The number of halogens is 2. The number of benzene rings is 3. The van der Waals surface area contributed by atoms with E-state index in [0.29, 0.717) is 15.7 Å². The zero-order valence-corrected chi connectivity index (χ0v) is 17.4. The first-order chi connectivity index (χ1) is 13.4. The molecular weight excluding hydrogens is 415 g/mol. The second kappa shape index (κ2) is 9.32. The largest absolute Gasteiger partial charge is 0.336 e. The van der Waals surface area contributed by atoms with Crippen LogP contribution < -0.4 is 5.32 Å². The third-order valence-electron chi connectivity index (χ3n) is 4.12. The molecule has 0 aliphatic rings. The predicted molar refractivity (Wildman–Crippen MR) is 117 cm³/mol. The summed E-state index contributed by atoms with van der Waals surface area (Å²) in [5, 5.41) is 5.64. The number of hydrogen-bond acceptors (Lipinski definition) is 3. The molecule has 2 amide bonds. The number of nitrogens with zero attached hydrogens (tertiary/aromatic N) is 1. The molecule has 0 fully saturated rings. The van der Waals surface area contributed by atoms with Gasteiger partial charge in [-0.15, -0.1) is 11.8 Å². The molecule has 0 aliphatic heterocycles. The molecule has 3 aromatic carbocycles. The molecule has 28 heavy (non-hydrogen) atoms. The van der Waals surface area contributed by atoms with E-state index in [-0.39, 0.29) is 24.1 Å². The molecule has 0 spiro atoms. The summed E-state index contributed by atoms with van der Waals surface area (Å²) in [6.45, 7) is -0.0847. The Kier molecular flexibility index (Phi) is 6.83. The topological polar surface area (TPSA) is 49.4 Å². The van der Waals surface area contributed by atoms with E-state index < -0.39 is 0 Å². The Morgan fingerprint density at radius 1 is 0.964 bits per heavy atom. The van der Waals surface area contributed by atoms with Crippen LogP contribution >= 0.6 is 35.0 Å². The number of anilines is 1. The van der Waals surface area contributed by atoms with E-state index >= 15 is 0 Å². The standard InChI is InChI=1S/C21H18Cl2N2O2S/c1-25(12-19(26)24-21-17(22)7-4-8-18(21)23)20(27)13-28-16-10-9-14-5-2-3-6-15(14)11-16/h2-11H,12-13H2,1H3,(H,24,26). The van der Waals surface area contributed by atoms with Gasteiger partial charge in [0, 0.05) is 11.9 Å². The van der Waals surface area contributed by atoms with Crippen molar-refractivity contribution in [1.29, 1.82) is 0 Å². The average Bonchev–Trinajstić information content (AvgIpc) is 2.68. The lowest BCUT2D eigenvalue weighted by Gasteiger charge is -2.17. The molecular formula is C21H18Cl2N2O2S. The van der Waals surface area contributed by atoms with Crippen LogP contribution in [0.2, 0.25) is 10.0 Å². The van der Waals surface area contributed by atoms with Crippen molar-refractivity contribution in [3.8, 4) is 0 Å².